The number of anilines is 1. The van der Waals surface area contributed by atoms with Gasteiger partial charge in [0.2, 0.25) is 0 Å². The average molecular weight is 314 g/mol. The number of aromatic nitrogens is 3. The van der Waals surface area contributed by atoms with Crippen molar-refractivity contribution in [3.05, 3.63) is 47.9 Å². The van der Waals surface area contributed by atoms with Crippen molar-refractivity contribution < 1.29 is 14.3 Å². The number of carboxylic acids is 1. The normalized spacial score (nSPS) is 10.9. The van der Waals surface area contributed by atoms with E-state index < -0.39 is 5.97 Å². The van der Waals surface area contributed by atoms with E-state index in [9.17, 15) is 9.18 Å². The van der Waals surface area contributed by atoms with Crippen molar-refractivity contribution >= 4 is 17.4 Å². The standard InChI is InChI=1S/C16H15FN4O2/c1-10-9-19-21-14(18-7-6-15(22)23)8-13(20-16(10)21)11-4-2-3-5-12(11)17/h2-5,8-9,18H,6-7H2,1H3,(H,22,23). The summed E-state index contributed by atoms with van der Waals surface area (Å²) in [5.74, 6) is -0.686. The Balaban J connectivity index is 2.07. The molecular formula is C16H15FN4O2. The summed E-state index contributed by atoms with van der Waals surface area (Å²) in [7, 11) is 0. The van der Waals surface area contributed by atoms with Crippen LogP contribution < -0.4 is 5.32 Å². The van der Waals surface area contributed by atoms with E-state index in [1.54, 1.807) is 35.0 Å². The van der Waals surface area contributed by atoms with Gasteiger partial charge in [0.1, 0.15) is 11.6 Å². The number of carboxylic acid groups (broad SMARTS) is 1. The number of aryl methyl sites for hydroxylation is 1. The predicted octanol–water partition coefficient (Wildman–Crippen LogP) is 2.73. The third-order valence-electron chi connectivity index (χ3n) is 3.44. The fourth-order valence-electron chi connectivity index (χ4n) is 2.30. The van der Waals surface area contributed by atoms with E-state index in [4.69, 9.17) is 5.11 Å². The quantitative estimate of drug-likeness (QED) is 0.757. The number of nitrogens with zero attached hydrogens (tertiary/aromatic N) is 3. The molecule has 23 heavy (non-hydrogen) atoms. The highest BCUT2D eigenvalue weighted by atomic mass is 19.1. The average Bonchev–Trinajstić information content (AvgIpc) is 2.89. The Morgan fingerprint density at radius 1 is 1.39 bits per heavy atom. The fourth-order valence-corrected chi connectivity index (χ4v) is 2.30. The van der Waals surface area contributed by atoms with Gasteiger partial charge in [-0.25, -0.2) is 9.37 Å². The molecule has 0 unspecified atom stereocenters. The van der Waals surface area contributed by atoms with Crippen molar-refractivity contribution in [2.75, 3.05) is 11.9 Å². The van der Waals surface area contributed by atoms with Crippen LogP contribution in [0.5, 0.6) is 0 Å². The van der Waals surface area contributed by atoms with Crippen LogP contribution in [-0.2, 0) is 4.79 Å². The maximum absolute atomic E-state index is 14.0. The highest BCUT2D eigenvalue weighted by Crippen LogP contribution is 2.25. The Morgan fingerprint density at radius 2 is 2.17 bits per heavy atom. The van der Waals surface area contributed by atoms with Crippen molar-refractivity contribution in [1.29, 1.82) is 0 Å². The number of aliphatic carboxylic acids is 1. The molecule has 6 nitrogen and oxygen atoms in total. The second kappa shape index (κ2) is 6.04. The summed E-state index contributed by atoms with van der Waals surface area (Å²) in [6.07, 6.45) is 1.63. The van der Waals surface area contributed by atoms with E-state index in [-0.39, 0.29) is 18.8 Å². The summed E-state index contributed by atoms with van der Waals surface area (Å²) in [5.41, 5.74) is 2.31. The highest BCUT2D eigenvalue weighted by molar-refractivity contribution is 5.69. The molecule has 0 saturated heterocycles. The lowest BCUT2D eigenvalue weighted by atomic mass is 10.1. The third-order valence-corrected chi connectivity index (χ3v) is 3.44. The number of rotatable bonds is 5. The number of benzene rings is 1. The van der Waals surface area contributed by atoms with Crippen molar-refractivity contribution in [3.63, 3.8) is 0 Å². The van der Waals surface area contributed by atoms with Gasteiger partial charge in [-0.3, -0.25) is 4.79 Å². The van der Waals surface area contributed by atoms with Crippen LogP contribution in [0.15, 0.2) is 36.5 Å². The van der Waals surface area contributed by atoms with E-state index in [2.05, 4.69) is 15.4 Å². The van der Waals surface area contributed by atoms with Gasteiger partial charge in [0.15, 0.2) is 5.65 Å². The number of carbonyl (C=O) groups is 1. The molecule has 0 amide bonds. The van der Waals surface area contributed by atoms with Crippen LogP contribution in [0, 0.1) is 12.7 Å². The maximum Gasteiger partial charge on any atom is 0.305 e. The lowest BCUT2D eigenvalue weighted by Gasteiger charge is -2.10. The number of hydrogen-bond donors (Lipinski definition) is 2. The molecule has 0 aliphatic heterocycles. The lowest BCUT2D eigenvalue weighted by molar-refractivity contribution is -0.136. The largest absolute Gasteiger partial charge is 0.481 e. The van der Waals surface area contributed by atoms with Gasteiger partial charge in [0, 0.05) is 23.7 Å². The topological polar surface area (TPSA) is 79.5 Å². The van der Waals surface area contributed by atoms with E-state index in [0.29, 0.717) is 22.7 Å². The zero-order valence-electron chi connectivity index (χ0n) is 12.5. The SMILES string of the molecule is Cc1cnn2c(NCCC(=O)O)cc(-c3ccccc3F)nc12. The van der Waals surface area contributed by atoms with Crippen LogP contribution >= 0.6 is 0 Å². The van der Waals surface area contributed by atoms with Gasteiger partial charge in [-0.05, 0) is 19.1 Å². The molecule has 0 bridgehead atoms. The van der Waals surface area contributed by atoms with Crippen LogP contribution in [0.3, 0.4) is 0 Å². The van der Waals surface area contributed by atoms with Crippen molar-refractivity contribution in [2.45, 2.75) is 13.3 Å². The maximum atomic E-state index is 14.0. The van der Waals surface area contributed by atoms with Gasteiger partial charge in [-0.1, -0.05) is 12.1 Å². The van der Waals surface area contributed by atoms with Crippen molar-refractivity contribution in [3.8, 4) is 11.3 Å². The molecule has 0 aliphatic carbocycles. The van der Waals surface area contributed by atoms with Crippen LogP contribution in [0.4, 0.5) is 10.2 Å². The number of halogens is 1. The van der Waals surface area contributed by atoms with E-state index in [1.165, 1.54) is 6.07 Å². The van der Waals surface area contributed by atoms with Crippen LogP contribution in [0.1, 0.15) is 12.0 Å². The predicted molar refractivity (Wildman–Crippen MR) is 83.9 cm³/mol. The summed E-state index contributed by atoms with van der Waals surface area (Å²) < 4.78 is 15.6. The van der Waals surface area contributed by atoms with Crippen LogP contribution in [0.25, 0.3) is 16.9 Å². The molecule has 0 atom stereocenters. The van der Waals surface area contributed by atoms with Gasteiger partial charge in [-0.15, -0.1) is 0 Å². The second-order valence-corrected chi connectivity index (χ2v) is 5.14. The number of hydrogen-bond acceptors (Lipinski definition) is 4. The first-order valence-corrected chi connectivity index (χ1v) is 7.12. The molecule has 2 aromatic heterocycles. The number of nitrogens with one attached hydrogen (secondary N) is 1. The van der Waals surface area contributed by atoms with Gasteiger partial charge in [0.25, 0.3) is 0 Å². The molecule has 0 fully saturated rings. The summed E-state index contributed by atoms with van der Waals surface area (Å²) >= 11 is 0. The molecule has 7 heteroatoms. The van der Waals surface area contributed by atoms with E-state index in [1.807, 2.05) is 6.92 Å². The molecule has 0 radical (unpaired) electrons. The van der Waals surface area contributed by atoms with Gasteiger partial charge < -0.3 is 10.4 Å². The zero-order chi connectivity index (χ0) is 16.4. The van der Waals surface area contributed by atoms with Crippen molar-refractivity contribution in [2.24, 2.45) is 0 Å². The minimum absolute atomic E-state index is 0.0287. The zero-order valence-corrected chi connectivity index (χ0v) is 12.5. The Kier molecular flexibility index (Phi) is 3.92. The summed E-state index contributed by atoms with van der Waals surface area (Å²) in [5, 5.41) is 16.0. The van der Waals surface area contributed by atoms with Crippen LogP contribution in [0.2, 0.25) is 0 Å². The Morgan fingerprint density at radius 3 is 2.91 bits per heavy atom. The lowest BCUT2D eigenvalue weighted by Crippen LogP contribution is -2.11. The molecular weight excluding hydrogens is 299 g/mol. The first-order valence-electron chi connectivity index (χ1n) is 7.12. The van der Waals surface area contributed by atoms with Crippen LogP contribution in [-0.4, -0.2) is 32.2 Å². The smallest absolute Gasteiger partial charge is 0.305 e. The molecule has 2 N–H and O–H groups in total. The first kappa shape index (κ1) is 15.0. The Bertz CT molecular complexity index is 876. The molecule has 0 spiro atoms. The van der Waals surface area contributed by atoms with Crippen molar-refractivity contribution in [1.82, 2.24) is 14.6 Å². The third kappa shape index (κ3) is 2.98. The monoisotopic (exact) mass is 314 g/mol. The molecule has 2 heterocycles. The Labute approximate surface area is 131 Å². The number of fused-ring (bicyclic) bond motifs is 1. The Hall–Kier alpha value is -2.96. The molecule has 0 aliphatic rings. The van der Waals surface area contributed by atoms with E-state index >= 15 is 0 Å². The van der Waals surface area contributed by atoms with Gasteiger partial charge in [-0.2, -0.15) is 9.61 Å². The summed E-state index contributed by atoms with van der Waals surface area (Å²) in [6.45, 7) is 2.10. The highest BCUT2D eigenvalue weighted by Gasteiger charge is 2.13. The van der Waals surface area contributed by atoms with E-state index in [0.717, 1.165) is 5.56 Å². The van der Waals surface area contributed by atoms with Gasteiger partial charge in [0.05, 0.1) is 18.3 Å². The summed E-state index contributed by atoms with van der Waals surface area (Å²) in [6, 6.07) is 8.06. The minimum atomic E-state index is -0.895. The molecule has 3 rings (SSSR count). The second-order valence-electron chi connectivity index (χ2n) is 5.14. The minimum Gasteiger partial charge on any atom is -0.481 e. The molecule has 3 aromatic rings. The molecule has 118 valence electrons. The van der Waals surface area contributed by atoms with Gasteiger partial charge >= 0.3 is 5.97 Å². The first-order chi connectivity index (χ1) is 11.1. The fraction of sp³-hybridized carbons (Fsp3) is 0.188. The molecule has 0 saturated carbocycles. The molecule has 1 aromatic carbocycles. The summed E-state index contributed by atoms with van der Waals surface area (Å²) in [4.78, 5) is 15.1.